The van der Waals surface area contributed by atoms with Crippen molar-refractivity contribution in [3.8, 4) is 0 Å². The Morgan fingerprint density at radius 3 is 2.91 bits per heavy atom. The van der Waals surface area contributed by atoms with Crippen molar-refractivity contribution in [2.75, 3.05) is 5.32 Å². The summed E-state index contributed by atoms with van der Waals surface area (Å²) in [7, 11) is 0. The zero-order valence-corrected chi connectivity index (χ0v) is 13.9. The topological polar surface area (TPSA) is 41.1 Å². The standard InChI is InChI=1S/C17H17ClN2OS/c1-9-6-7-11-13(8-9)22-17-14(11)16(21)19-15(20-17)10-4-2-3-5-12(10)18/h2-5,9,15,20H,6-8H2,1H3,(H,19,21)/t9-,15+/m0/s1. The summed E-state index contributed by atoms with van der Waals surface area (Å²) in [6.45, 7) is 2.28. The number of amides is 1. The highest BCUT2D eigenvalue weighted by Gasteiger charge is 2.33. The van der Waals surface area contributed by atoms with Gasteiger partial charge in [-0.15, -0.1) is 11.3 Å². The van der Waals surface area contributed by atoms with E-state index in [2.05, 4.69) is 17.6 Å². The van der Waals surface area contributed by atoms with Gasteiger partial charge in [-0.2, -0.15) is 0 Å². The summed E-state index contributed by atoms with van der Waals surface area (Å²) >= 11 is 8.00. The molecule has 2 aliphatic rings. The van der Waals surface area contributed by atoms with Crippen molar-refractivity contribution in [1.82, 2.24) is 5.32 Å². The van der Waals surface area contributed by atoms with Crippen LogP contribution in [0.1, 0.15) is 45.9 Å². The summed E-state index contributed by atoms with van der Waals surface area (Å²) in [5.41, 5.74) is 3.01. The minimum atomic E-state index is -0.258. The summed E-state index contributed by atoms with van der Waals surface area (Å²) in [4.78, 5) is 14.0. The Kier molecular flexibility index (Phi) is 3.39. The van der Waals surface area contributed by atoms with Crippen molar-refractivity contribution in [1.29, 1.82) is 0 Å². The number of benzene rings is 1. The first kappa shape index (κ1) is 14.1. The van der Waals surface area contributed by atoms with Gasteiger partial charge < -0.3 is 10.6 Å². The molecule has 3 nitrogen and oxygen atoms in total. The van der Waals surface area contributed by atoms with Crippen molar-refractivity contribution in [2.24, 2.45) is 5.92 Å². The number of anilines is 1. The predicted molar refractivity (Wildman–Crippen MR) is 90.8 cm³/mol. The summed E-state index contributed by atoms with van der Waals surface area (Å²) in [6, 6.07) is 7.63. The molecule has 0 spiro atoms. The van der Waals surface area contributed by atoms with Crippen LogP contribution in [0.25, 0.3) is 0 Å². The first-order valence-corrected chi connectivity index (χ1v) is 8.79. The lowest BCUT2D eigenvalue weighted by Gasteiger charge is -2.27. The highest BCUT2D eigenvalue weighted by molar-refractivity contribution is 7.16. The molecule has 2 N–H and O–H groups in total. The van der Waals surface area contributed by atoms with Gasteiger partial charge in [0.1, 0.15) is 11.2 Å². The van der Waals surface area contributed by atoms with Gasteiger partial charge in [0, 0.05) is 15.5 Å². The first-order valence-electron chi connectivity index (χ1n) is 7.60. The smallest absolute Gasteiger partial charge is 0.256 e. The van der Waals surface area contributed by atoms with Crippen LogP contribution in [0.3, 0.4) is 0 Å². The minimum Gasteiger partial charge on any atom is -0.353 e. The zero-order chi connectivity index (χ0) is 15.3. The molecule has 0 bridgehead atoms. The highest BCUT2D eigenvalue weighted by atomic mass is 35.5. The van der Waals surface area contributed by atoms with E-state index in [1.165, 1.54) is 10.4 Å². The molecule has 1 aromatic carbocycles. The molecule has 1 aliphatic heterocycles. The number of nitrogens with one attached hydrogen (secondary N) is 2. The van der Waals surface area contributed by atoms with Gasteiger partial charge in [-0.05, 0) is 36.8 Å². The number of hydrogen-bond donors (Lipinski definition) is 2. The second kappa shape index (κ2) is 5.28. The molecule has 0 saturated heterocycles. The van der Waals surface area contributed by atoms with Crippen LogP contribution in [-0.4, -0.2) is 5.91 Å². The lowest BCUT2D eigenvalue weighted by molar-refractivity contribution is 0.0935. The third-order valence-electron chi connectivity index (χ3n) is 4.51. The Labute approximate surface area is 138 Å². The van der Waals surface area contributed by atoms with Crippen molar-refractivity contribution in [2.45, 2.75) is 32.4 Å². The Hall–Kier alpha value is -1.52. The van der Waals surface area contributed by atoms with Gasteiger partial charge in [0.05, 0.1) is 5.56 Å². The minimum absolute atomic E-state index is 0.0192. The molecular weight excluding hydrogens is 316 g/mol. The maximum Gasteiger partial charge on any atom is 0.256 e. The van der Waals surface area contributed by atoms with Crippen molar-refractivity contribution < 1.29 is 4.79 Å². The van der Waals surface area contributed by atoms with Gasteiger partial charge in [0.25, 0.3) is 5.91 Å². The monoisotopic (exact) mass is 332 g/mol. The van der Waals surface area contributed by atoms with Crippen molar-refractivity contribution in [3.63, 3.8) is 0 Å². The second-order valence-electron chi connectivity index (χ2n) is 6.13. The number of halogens is 1. The predicted octanol–water partition coefficient (Wildman–Crippen LogP) is 4.38. The number of thiophene rings is 1. The molecule has 1 aromatic heterocycles. The molecule has 0 radical (unpaired) electrons. The molecule has 1 amide bonds. The van der Waals surface area contributed by atoms with Crippen LogP contribution in [0.4, 0.5) is 5.00 Å². The van der Waals surface area contributed by atoms with Crippen LogP contribution in [0.5, 0.6) is 0 Å². The second-order valence-corrected chi connectivity index (χ2v) is 7.64. The third-order valence-corrected chi connectivity index (χ3v) is 6.04. The molecule has 22 heavy (non-hydrogen) atoms. The van der Waals surface area contributed by atoms with Gasteiger partial charge >= 0.3 is 0 Å². The van der Waals surface area contributed by atoms with Gasteiger partial charge in [0.2, 0.25) is 0 Å². The highest BCUT2D eigenvalue weighted by Crippen LogP contribution is 2.43. The maximum absolute atomic E-state index is 12.6. The Bertz CT molecular complexity index is 755. The van der Waals surface area contributed by atoms with Crippen LogP contribution in [-0.2, 0) is 12.8 Å². The zero-order valence-electron chi connectivity index (χ0n) is 12.3. The van der Waals surface area contributed by atoms with Gasteiger partial charge in [-0.1, -0.05) is 36.7 Å². The van der Waals surface area contributed by atoms with E-state index in [9.17, 15) is 4.79 Å². The van der Waals surface area contributed by atoms with E-state index in [0.29, 0.717) is 10.9 Å². The quantitative estimate of drug-likeness (QED) is 0.813. The fraction of sp³-hybridized carbons (Fsp3) is 0.353. The average Bonchev–Trinajstić information content (AvgIpc) is 2.85. The Morgan fingerprint density at radius 1 is 1.27 bits per heavy atom. The van der Waals surface area contributed by atoms with Crippen LogP contribution < -0.4 is 10.6 Å². The molecule has 2 atom stereocenters. The largest absolute Gasteiger partial charge is 0.353 e. The van der Waals surface area contributed by atoms with Crippen molar-refractivity contribution in [3.05, 3.63) is 50.9 Å². The van der Waals surface area contributed by atoms with E-state index >= 15 is 0 Å². The van der Waals surface area contributed by atoms with Gasteiger partial charge in [-0.25, -0.2) is 0 Å². The van der Waals surface area contributed by atoms with E-state index in [4.69, 9.17) is 11.6 Å². The van der Waals surface area contributed by atoms with Gasteiger partial charge in [0.15, 0.2) is 0 Å². The SMILES string of the molecule is C[C@H]1CCc2c(sc3c2C(=O)N[C@@H](c2ccccc2Cl)N3)C1. The fourth-order valence-corrected chi connectivity index (χ4v) is 5.01. The Balaban J connectivity index is 1.73. The van der Waals surface area contributed by atoms with E-state index in [1.54, 1.807) is 11.3 Å². The molecular formula is C17H17ClN2OS. The third kappa shape index (κ3) is 2.22. The average molecular weight is 333 g/mol. The summed E-state index contributed by atoms with van der Waals surface area (Å²) < 4.78 is 0. The fourth-order valence-electron chi connectivity index (χ4n) is 3.33. The summed E-state index contributed by atoms with van der Waals surface area (Å²) in [5.74, 6) is 0.723. The number of rotatable bonds is 1. The molecule has 4 rings (SSSR count). The number of carbonyl (C=O) groups is 1. The van der Waals surface area contributed by atoms with Crippen molar-refractivity contribution >= 4 is 33.8 Å². The van der Waals surface area contributed by atoms with Crippen LogP contribution >= 0.6 is 22.9 Å². The number of carbonyl (C=O) groups excluding carboxylic acids is 1. The number of fused-ring (bicyclic) bond motifs is 3. The normalized spacial score (nSPS) is 23.3. The molecule has 0 saturated carbocycles. The van der Waals surface area contributed by atoms with Gasteiger partial charge in [-0.3, -0.25) is 4.79 Å². The molecule has 114 valence electrons. The number of hydrogen-bond acceptors (Lipinski definition) is 3. The summed E-state index contributed by atoms with van der Waals surface area (Å²) in [6.07, 6.45) is 3.00. The lowest BCUT2D eigenvalue weighted by Crippen LogP contribution is -2.38. The Morgan fingerprint density at radius 2 is 2.09 bits per heavy atom. The molecule has 2 heterocycles. The first-order chi connectivity index (χ1) is 10.6. The molecule has 0 fully saturated rings. The van der Waals surface area contributed by atoms with E-state index < -0.39 is 0 Å². The molecule has 1 aliphatic carbocycles. The summed E-state index contributed by atoms with van der Waals surface area (Å²) in [5, 5.41) is 8.17. The maximum atomic E-state index is 12.6. The molecule has 5 heteroatoms. The van der Waals surface area contributed by atoms with Crippen LogP contribution in [0.2, 0.25) is 5.02 Å². The van der Waals surface area contributed by atoms with E-state index in [-0.39, 0.29) is 12.1 Å². The van der Waals surface area contributed by atoms with E-state index in [1.807, 2.05) is 24.3 Å². The molecule has 2 aromatic rings. The molecule has 0 unspecified atom stereocenters. The van der Waals surface area contributed by atoms with E-state index in [0.717, 1.165) is 35.4 Å². The van der Waals surface area contributed by atoms with Crippen LogP contribution in [0, 0.1) is 5.92 Å². The lowest BCUT2D eigenvalue weighted by atomic mass is 9.88. The van der Waals surface area contributed by atoms with Crippen LogP contribution in [0.15, 0.2) is 24.3 Å².